The number of rotatable bonds is 5. The molecule has 342 valence electrons. The van der Waals surface area contributed by atoms with Gasteiger partial charge in [-0.25, -0.2) is 19.6 Å². The predicted octanol–water partition coefficient (Wildman–Crippen LogP) is 16.0. The maximum atomic E-state index is 5.40. The summed E-state index contributed by atoms with van der Waals surface area (Å²) >= 11 is 0. The van der Waals surface area contributed by atoms with E-state index in [0.717, 1.165) is 12.4 Å². The van der Waals surface area contributed by atoms with E-state index in [9.17, 15) is 0 Å². The first kappa shape index (κ1) is 61.0. The van der Waals surface area contributed by atoms with Crippen LogP contribution in [0.3, 0.4) is 0 Å². The van der Waals surface area contributed by atoms with Gasteiger partial charge in [0.25, 0.3) is 0 Å². The summed E-state index contributed by atoms with van der Waals surface area (Å²) in [4.78, 5) is 19.2. The van der Waals surface area contributed by atoms with Gasteiger partial charge >= 0.3 is 0 Å². The number of para-hydroxylation sites is 1. The molecule has 1 unspecified atom stereocenters. The van der Waals surface area contributed by atoms with Gasteiger partial charge in [0.05, 0.1) is 33.0 Å². The molecular formula is C55H86O6. The number of epoxide rings is 1. The van der Waals surface area contributed by atoms with Gasteiger partial charge in [-0.1, -0.05) is 260 Å². The van der Waals surface area contributed by atoms with Gasteiger partial charge in [-0.3, -0.25) is 0 Å². The average Bonchev–Trinajstić information content (AvgIpc) is 3.70. The first-order chi connectivity index (χ1) is 30.0. The van der Waals surface area contributed by atoms with E-state index in [0.29, 0.717) is 51.0 Å². The van der Waals surface area contributed by atoms with E-state index in [-0.39, 0.29) is 0 Å². The Bertz CT molecular complexity index is 1270. The third-order valence-corrected chi connectivity index (χ3v) is 6.70. The molecule has 6 nitrogen and oxygen atoms in total. The van der Waals surface area contributed by atoms with Crippen LogP contribution in [0.1, 0.15) is 132 Å². The zero-order valence-corrected chi connectivity index (χ0v) is 40.3. The molecule has 3 fully saturated rings. The summed E-state index contributed by atoms with van der Waals surface area (Å²) in [5.41, 5.74) is 2.59. The van der Waals surface area contributed by atoms with Crippen molar-refractivity contribution in [2.24, 2.45) is 0 Å². The SMILES string of the molecule is CC.CC.CCC.CCC.CCC.CCC.c1ccc(C2COOC2)cc1.c1ccc(C2COOC2)cc1.c1ccc(OCC2CO2)cc1.c1ccccc1.c1ccccc1. The largest absolute Gasteiger partial charge is 0.491 e. The molecule has 0 aromatic heterocycles. The van der Waals surface area contributed by atoms with Crippen LogP contribution in [0.2, 0.25) is 0 Å². The van der Waals surface area contributed by atoms with Crippen LogP contribution in [0.25, 0.3) is 0 Å². The van der Waals surface area contributed by atoms with Crippen LogP contribution in [0.4, 0.5) is 0 Å². The predicted molar refractivity (Wildman–Crippen MR) is 263 cm³/mol. The van der Waals surface area contributed by atoms with Crippen LogP contribution in [-0.2, 0) is 24.3 Å². The number of ether oxygens (including phenoxy) is 2. The molecule has 3 saturated heterocycles. The summed E-state index contributed by atoms with van der Waals surface area (Å²) in [6, 6.07) is 54.4. The standard InChI is InChI=1S/3C9H10O2.2C6H6.4C3H8.2C2H6/c1-2-4-8(5-3-1)10-6-9-7-11-9;2*1-2-4-8(5-3-1)9-6-10-11-7-9;2*1-2-4-6-5-3-1;4*1-3-2;2*1-2/h3*1-5,9H,6-7H2;2*1-6H;4*3H2,1-2H3;2*1-2H3. The lowest BCUT2D eigenvalue weighted by Crippen LogP contribution is -2.03. The minimum absolute atomic E-state index is 0.343. The van der Waals surface area contributed by atoms with Gasteiger partial charge in [-0.05, 0) is 23.3 Å². The highest BCUT2D eigenvalue weighted by Crippen LogP contribution is 2.21. The van der Waals surface area contributed by atoms with Gasteiger partial charge in [0.15, 0.2) is 0 Å². The van der Waals surface area contributed by atoms with E-state index in [1.807, 2.05) is 167 Å². The van der Waals surface area contributed by atoms with E-state index in [1.165, 1.54) is 36.8 Å². The molecule has 5 aromatic carbocycles. The van der Waals surface area contributed by atoms with Gasteiger partial charge in [-0.2, -0.15) is 0 Å². The van der Waals surface area contributed by atoms with Crippen molar-refractivity contribution in [3.05, 3.63) is 175 Å². The maximum absolute atomic E-state index is 5.40. The lowest BCUT2D eigenvalue weighted by atomic mass is 10.0. The molecular weight excluding hydrogens is 757 g/mol. The quantitative estimate of drug-likeness (QED) is 0.130. The summed E-state index contributed by atoms with van der Waals surface area (Å²) < 4.78 is 10.4. The van der Waals surface area contributed by atoms with E-state index in [4.69, 9.17) is 29.0 Å². The Hall–Kier alpha value is -4.30. The van der Waals surface area contributed by atoms with Crippen molar-refractivity contribution in [3.63, 3.8) is 0 Å². The molecule has 61 heavy (non-hydrogen) atoms. The fourth-order valence-corrected chi connectivity index (χ4v) is 4.09. The fourth-order valence-electron chi connectivity index (χ4n) is 4.09. The fraction of sp³-hybridized carbons (Fsp3) is 0.455. The van der Waals surface area contributed by atoms with Gasteiger partial charge in [0.2, 0.25) is 0 Å². The van der Waals surface area contributed by atoms with Crippen LogP contribution >= 0.6 is 0 Å². The van der Waals surface area contributed by atoms with Crippen LogP contribution in [0.5, 0.6) is 5.75 Å². The van der Waals surface area contributed by atoms with Crippen molar-refractivity contribution in [2.45, 2.75) is 127 Å². The first-order valence-corrected chi connectivity index (χ1v) is 22.9. The maximum Gasteiger partial charge on any atom is 0.119 e. The third-order valence-electron chi connectivity index (χ3n) is 6.70. The first-order valence-electron chi connectivity index (χ1n) is 22.9. The van der Waals surface area contributed by atoms with E-state index < -0.39 is 0 Å². The summed E-state index contributed by atoms with van der Waals surface area (Å²) in [5, 5.41) is 0. The molecule has 3 heterocycles. The highest BCUT2D eigenvalue weighted by molar-refractivity contribution is 5.22. The zero-order valence-electron chi connectivity index (χ0n) is 40.3. The normalized spacial score (nSPS) is 13.6. The number of benzene rings is 5. The highest BCUT2D eigenvalue weighted by atomic mass is 17.2. The minimum atomic E-state index is 0.343. The lowest BCUT2D eigenvalue weighted by molar-refractivity contribution is -0.248. The Morgan fingerprint density at radius 3 is 0.803 bits per heavy atom. The lowest BCUT2D eigenvalue weighted by Gasteiger charge is -2.03. The van der Waals surface area contributed by atoms with Crippen molar-refractivity contribution in [1.82, 2.24) is 0 Å². The van der Waals surface area contributed by atoms with Gasteiger partial charge in [0, 0.05) is 11.8 Å². The average molecular weight is 843 g/mol. The molecule has 0 aliphatic carbocycles. The Morgan fingerprint density at radius 2 is 0.574 bits per heavy atom. The summed E-state index contributed by atoms with van der Waals surface area (Å²) in [7, 11) is 0. The molecule has 0 amide bonds. The molecule has 6 heteroatoms. The van der Waals surface area contributed by atoms with Crippen molar-refractivity contribution in [1.29, 1.82) is 0 Å². The summed E-state index contributed by atoms with van der Waals surface area (Å²) in [5.74, 6) is 1.77. The summed E-state index contributed by atoms with van der Waals surface area (Å²) in [6.07, 6.45) is 5.34. The Labute approximate surface area is 374 Å². The molecule has 5 aromatic rings. The second kappa shape index (κ2) is 51.8. The number of hydrogen-bond acceptors (Lipinski definition) is 6. The molecule has 3 aliphatic rings. The van der Waals surface area contributed by atoms with Crippen LogP contribution < -0.4 is 4.74 Å². The molecule has 8 rings (SSSR count). The van der Waals surface area contributed by atoms with Crippen LogP contribution in [-0.4, -0.2) is 45.7 Å². The van der Waals surface area contributed by atoms with Crippen molar-refractivity contribution in [2.75, 3.05) is 39.6 Å². The molecule has 3 aliphatic heterocycles. The molecule has 0 radical (unpaired) electrons. The molecule has 0 spiro atoms. The Kier molecular flexibility index (Phi) is 51.8. The molecule has 0 N–H and O–H groups in total. The smallest absolute Gasteiger partial charge is 0.119 e. The minimum Gasteiger partial charge on any atom is -0.491 e. The van der Waals surface area contributed by atoms with Crippen LogP contribution in [0.15, 0.2) is 164 Å². The Morgan fingerprint density at radius 1 is 0.361 bits per heavy atom. The second-order valence-electron chi connectivity index (χ2n) is 13.1. The third kappa shape index (κ3) is 42.2. The zero-order chi connectivity index (χ0) is 45.9. The highest BCUT2D eigenvalue weighted by Gasteiger charge is 2.23. The van der Waals surface area contributed by atoms with Crippen molar-refractivity contribution < 1.29 is 29.0 Å². The van der Waals surface area contributed by atoms with Crippen molar-refractivity contribution in [3.8, 4) is 5.75 Å². The van der Waals surface area contributed by atoms with Crippen molar-refractivity contribution >= 4 is 0 Å². The Balaban J connectivity index is -0.000000644. The number of hydrogen-bond donors (Lipinski definition) is 0. The van der Waals surface area contributed by atoms with Gasteiger partial charge in [-0.15, -0.1) is 0 Å². The van der Waals surface area contributed by atoms with Gasteiger partial charge < -0.3 is 9.47 Å². The van der Waals surface area contributed by atoms with Gasteiger partial charge in [0.1, 0.15) is 18.5 Å². The van der Waals surface area contributed by atoms with E-state index in [2.05, 4.69) is 79.7 Å². The van der Waals surface area contributed by atoms with Crippen LogP contribution in [0, 0.1) is 0 Å². The molecule has 1 atom stereocenters. The van der Waals surface area contributed by atoms with E-state index >= 15 is 0 Å². The molecule has 0 bridgehead atoms. The summed E-state index contributed by atoms with van der Waals surface area (Å²) in [6.45, 7) is 29.3. The molecule has 0 saturated carbocycles. The monoisotopic (exact) mass is 843 g/mol. The second-order valence-corrected chi connectivity index (χ2v) is 13.1. The van der Waals surface area contributed by atoms with E-state index in [1.54, 1.807) is 0 Å². The topological polar surface area (TPSA) is 58.7 Å².